The van der Waals surface area contributed by atoms with Crippen molar-refractivity contribution in [3.05, 3.63) is 71.7 Å². The van der Waals surface area contributed by atoms with E-state index < -0.39 is 17.5 Å². The molecule has 6 nitrogen and oxygen atoms in total. The van der Waals surface area contributed by atoms with Gasteiger partial charge in [-0.1, -0.05) is 19.9 Å². The number of carbonyl (C=O) groups excluding carboxylic acids is 1. The first-order valence-corrected chi connectivity index (χ1v) is 10.9. The average molecular weight is 453 g/mol. The lowest BCUT2D eigenvalue weighted by atomic mass is 9.72. The normalized spacial score (nSPS) is 22.7. The van der Waals surface area contributed by atoms with Crippen LogP contribution in [-0.2, 0) is 0 Å². The number of rotatable bonds is 4. The van der Waals surface area contributed by atoms with Crippen molar-refractivity contribution in [1.82, 2.24) is 9.97 Å². The van der Waals surface area contributed by atoms with Gasteiger partial charge in [-0.2, -0.15) is 0 Å². The van der Waals surface area contributed by atoms with Gasteiger partial charge in [0.05, 0.1) is 34.9 Å². The largest absolute Gasteiger partial charge is 0.397 e. The van der Waals surface area contributed by atoms with Crippen molar-refractivity contribution >= 4 is 17.3 Å². The molecule has 0 spiro atoms. The van der Waals surface area contributed by atoms with E-state index in [0.29, 0.717) is 5.69 Å². The predicted molar refractivity (Wildman–Crippen MR) is 123 cm³/mol. The Balaban J connectivity index is 1.64. The van der Waals surface area contributed by atoms with E-state index >= 15 is 0 Å². The monoisotopic (exact) mass is 452 g/mol. The highest BCUT2D eigenvalue weighted by Gasteiger charge is 2.33. The number of pyridine rings is 2. The molecule has 1 saturated carbocycles. The number of anilines is 2. The smallest absolute Gasteiger partial charge is 0.276 e. The molecule has 2 aromatic heterocycles. The number of nitrogen functional groups attached to an aromatic ring is 1. The Bertz CT molecular complexity index is 1150. The number of amides is 1. The molecule has 1 aliphatic rings. The summed E-state index contributed by atoms with van der Waals surface area (Å²) in [5, 5.41) is 13.1. The zero-order valence-corrected chi connectivity index (χ0v) is 18.4. The van der Waals surface area contributed by atoms with Crippen molar-refractivity contribution in [3.8, 4) is 11.3 Å². The fourth-order valence-electron chi connectivity index (χ4n) is 4.67. The Morgan fingerprint density at radius 3 is 2.42 bits per heavy atom. The van der Waals surface area contributed by atoms with Crippen LogP contribution in [0.4, 0.5) is 20.2 Å². The van der Waals surface area contributed by atoms with Gasteiger partial charge in [-0.05, 0) is 66.5 Å². The molecule has 4 atom stereocenters. The highest BCUT2D eigenvalue weighted by Crippen LogP contribution is 2.41. The minimum Gasteiger partial charge on any atom is -0.397 e. The highest BCUT2D eigenvalue weighted by atomic mass is 19.1. The van der Waals surface area contributed by atoms with Gasteiger partial charge in [0.25, 0.3) is 5.91 Å². The lowest BCUT2D eigenvalue weighted by Gasteiger charge is -2.36. The number of nitrogens with one attached hydrogen (secondary N) is 1. The van der Waals surface area contributed by atoms with Crippen molar-refractivity contribution in [2.75, 3.05) is 11.1 Å². The molecule has 1 aliphatic carbocycles. The van der Waals surface area contributed by atoms with Crippen molar-refractivity contribution in [2.45, 2.75) is 38.7 Å². The first-order chi connectivity index (χ1) is 15.8. The minimum absolute atomic E-state index is 0.0275. The quantitative estimate of drug-likeness (QED) is 0.530. The molecule has 4 rings (SSSR count). The number of aliphatic hydroxyl groups is 1. The van der Waals surface area contributed by atoms with Crippen LogP contribution in [0.15, 0.2) is 48.8 Å². The number of hydrogen-bond donors (Lipinski definition) is 3. The predicted octanol–water partition coefficient (Wildman–Crippen LogP) is 4.77. The standard InChI is InChI=1S/C25H26F2N4O2/c1-13-10-15(11-14(2)24(13)32)16-8-9-29-12-21(16)31-25(33)23-19(28)6-7-20(30-23)22-17(26)4-3-5-18(22)27/h3-9,12-15,24,32H,10-11,28H2,1-2H3,(H,31,33)/t13-,14+,15+,24+. The van der Waals surface area contributed by atoms with Crippen LogP contribution in [0, 0.1) is 23.5 Å². The Morgan fingerprint density at radius 2 is 1.76 bits per heavy atom. The maximum atomic E-state index is 14.2. The van der Waals surface area contributed by atoms with E-state index in [1.807, 2.05) is 19.9 Å². The van der Waals surface area contributed by atoms with Crippen LogP contribution in [0.25, 0.3) is 11.3 Å². The van der Waals surface area contributed by atoms with Crippen LogP contribution in [0.1, 0.15) is 48.7 Å². The van der Waals surface area contributed by atoms with E-state index in [2.05, 4.69) is 15.3 Å². The molecule has 33 heavy (non-hydrogen) atoms. The highest BCUT2D eigenvalue weighted by molar-refractivity contribution is 6.06. The van der Waals surface area contributed by atoms with E-state index in [9.17, 15) is 18.7 Å². The van der Waals surface area contributed by atoms with Crippen LogP contribution in [0.5, 0.6) is 0 Å². The Labute approximate surface area is 190 Å². The first-order valence-electron chi connectivity index (χ1n) is 10.9. The molecule has 0 saturated heterocycles. The summed E-state index contributed by atoms with van der Waals surface area (Å²) in [6, 6.07) is 8.15. The number of halogens is 2. The summed E-state index contributed by atoms with van der Waals surface area (Å²) in [6.45, 7) is 4.04. The van der Waals surface area contributed by atoms with Crippen LogP contribution in [0.3, 0.4) is 0 Å². The summed E-state index contributed by atoms with van der Waals surface area (Å²) in [5.41, 5.74) is 7.01. The third kappa shape index (κ3) is 4.57. The second kappa shape index (κ2) is 9.23. The molecule has 2 heterocycles. The second-order valence-electron chi connectivity index (χ2n) is 8.76. The van der Waals surface area contributed by atoms with Gasteiger partial charge in [0.1, 0.15) is 11.6 Å². The number of benzene rings is 1. The summed E-state index contributed by atoms with van der Waals surface area (Å²) in [6.07, 6.45) is 4.43. The number of hydrogen-bond acceptors (Lipinski definition) is 5. The Hall–Kier alpha value is -3.39. The van der Waals surface area contributed by atoms with Crippen molar-refractivity contribution in [2.24, 2.45) is 11.8 Å². The van der Waals surface area contributed by atoms with Crippen LogP contribution < -0.4 is 11.1 Å². The van der Waals surface area contributed by atoms with Crippen LogP contribution in [0.2, 0.25) is 0 Å². The third-order valence-corrected chi connectivity index (χ3v) is 6.38. The number of nitrogens with zero attached hydrogens (tertiary/aromatic N) is 2. The van der Waals surface area contributed by atoms with Gasteiger partial charge in [-0.3, -0.25) is 9.78 Å². The molecular weight excluding hydrogens is 426 g/mol. The van der Waals surface area contributed by atoms with E-state index in [0.717, 1.165) is 30.5 Å². The number of aromatic nitrogens is 2. The van der Waals surface area contributed by atoms with Gasteiger partial charge in [0, 0.05) is 6.20 Å². The van der Waals surface area contributed by atoms with Crippen molar-refractivity contribution < 1.29 is 18.7 Å². The molecule has 1 aromatic carbocycles. The Kier molecular flexibility index (Phi) is 6.37. The van der Waals surface area contributed by atoms with Gasteiger partial charge in [0.15, 0.2) is 5.69 Å². The molecule has 0 unspecified atom stereocenters. The zero-order valence-electron chi connectivity index (χ0n) is 18.4. The Morgan fingerprint density at radius 1 is 1.09 bits per heavy atom. The third-order valence-electron chi connectivity index (χ3n) is 6.38. The molecular formula is C25H26F2N4O2. The van der Waals surface area contributed by atoms with Crippen molar-refractivity contribution in [3.63, 3.8) is 0 Å². The number of nitrogens with two attached hydrogens (primary N) is 1. The van der Waals surface area contributed by atoms with E-state index in [-0.39, 0.29) is 46.5 Å². The minimum atomic E-state index is -0.782. The lowest BCUT2D eigenvalue weighted by Crippen LogP contribution is -2.33. The number of carbonyl (C=O) groups is 1. The maximum absolute atomic E-state index is 14.2. The topological polar surface area (TPSA) is 101 Å². The summed E-state index contributed by atoms with van der Waals surface area (Å²) in [7, 11) is 0. The van der Waals surface area contributed by atoms with Gasteiger partial charge in [0.2, 0.25) is 0 Å². The fourth-order valence-corrected chi connectivity index (χ4v) is 4.67. The fraction of sp³-hybridized carbons (Fsp3) is 0.320. The zero-order chi connectivity index (χ0) is 23.7. The molecule has 4 N–H and O–H groups in total. The second-order valence-corrected chi connectivity index (χ2v) is 8.76. The van der Waals surface area contributed by atoms with Gasteiger partial charge < -0.3 is 16.2 Å². The summed E-state index contributed by atoms with van der Waals surface area (Å²) >= 11 is 0. The van der Waals surface area contributed by atoms with E-state index in [4.69, 9.17) is 5.73 Å². The molecule has 0 bridgehead atoms. The van der Waals surface area contributed by atoms with Crippen LogP contribution >= 0.6 is 0 Å². The van der Waals surface area contributed by atoms with Gasteiger partial charge in [-0.15, -0.1) is 0 Å². The molecule has 1 fully saturated rings. The molecule has 1 amide bonds. The maximum Gasteiger partial charge on any atom is 0.276 e. The van der Waals surface area contributed by atoms with Crippen molar-refractivity contribution in [1.29, 1.82) is 0 Å². The average Bonchev–Trinajstić information content (AvgIpc) is 2.78. The van der Waals surface area contributed by atoms with E-state index in [1.165, 1.54) is 18.2 Å². The molecule has 0 radical (unpaired) electrons. The summed E-state index contributed by atoms with van der Waals surface area (Å²) in [5.74, 6) is -1.77. The molecule has 3 aromatic rings. The van der Waals surface area contributed by atoms with Crippen LogP contribution in [-0.4, -0.2) is 27.1 Å². The van der Waals surface area contributed by atoms with E-state index in [1.54, 1.807) is 12.4 Å². The molecule has 172 valence electrons. The summed E-state index contributed by atoms with van der Waals surface area (Å²) < 4.78 is 28.5. The number of aliphatic hydroxyl groups excluding tert-OH is 1. The first kappa shape index (κ1) is 22.8. The molecule has 0 aliphatic heterocycles. The summed E-state index contributed by atoms with van der Waals surface area (Å²) in [4.78, 5) is 21.4. The lowest BCUT2D eigenvalue weighted by molar-refractivity contribution is 0.0252. The SMILES string of the molecule is C[C@@H]1C[C@H](c2ccncc2NC(=O)c2nc(-c3c(F)cccc3F)ccc2N)C[C@H](C)[C@H]1O. The van der Waals surface area contributed by atoms with Gasteiger partial charge >= 0.3 is 0 Å². The van der Waals surface area contributed by atoms with Gasteiger partial charge in [-0.25, -0.2) is 13.8 Å². The molecule has 8 heteroatoms.